The SMILES string of the molecule is CN1CCN(C(=O)c2cc(Nc3ccc(Cl)c(Cl)c3)ccn2)CC1. The van der Waals surface area contributed by atoms with Gasteiger partial charge < -0.3 is 15.1 Å². The maximum atomic E-state index is 12.6. The van der Waals surface area contributed by atoms with Crippen molar-refractivity contribution in [2.75, 3.05) is 38.5 Å². The Bertz CT molecular complexity index is 745. The summed E-state index contributed by atoms with van der Waals surface area (Å²) in [5.41, 5.74) is 2.01. The number of halogens is 2. The summed E-state index contributed by atoms with van der Waals surface area (Å²) in [6.07, 6.45) is 1.63. The zero-order valence-electron chi connectivity index (χ0n) is 13.3. The number of aromatic nitrogens is 1. The zero-order valence-corrected chi connectivity index (χ0v) is 14.8. The van der Waals surface area contributed by atoms with E-state index >= 15 is 0 Å². The molecule has 2 aromatic rings. The molecule has 3 rings (SSSR count). The van der Waals surface area contributed by atoms with Gasteiger partial charge in [0.05, 0.1) is 10.0 Å². The van der Waals surface area contributed by atoms with Crippen molar-refractivity contribution in [2.45, 2.75) is 0 Å². The molecular formula is C17H18Cl2N4O. The second-order valence-corrected chi connectivity index (χ2v) is 6.59. The molecule has 0 bridgehead atoms. The molecule has 5 nitrogen and oxygen atoms in total. The van der Waals surface area contributed by atoms with Crippen molar-refractivity contribution >= 4 is 40.5 Å². The third-order valence-electron chi connectivity index (χ3n) is 3.98. The Kier molecular flexibility index (Phi) is 5.23. The van der Waals surface area contributed by atoms with Crippen LogP contribution in [0.25, 0.3) is 0 Å². The summed E-state index contributed by atoms with van der Waals surface area (Å²) in [6.45, 7) is 3.21. The van der Waals surface area contributed by atoms with E-state index in [-0.39, 0.29) is 5.91 Å². The largest absolute Gasteiger partial charge is 0.355 e. The Hall–Kier alpha value is -1.82. The van der Waals surface area contributed by atoms with Crippen LogP contribution in [-0.4, -0.2) is 53.9 Å². The molecule has 7 heteroatoms. The van der Waals surface area contributed by atoms with Crippen LogP contribution >= 0.6 is 23.2 Å². The molecule has 1 amide bonds. The highest BCUT2D eigenvalue weighted by molar-refractivity contribution is 6.42. The van der Waals surface area contributed by atoms with Crippen LogP contribution in [0.4, 0.5) is 11.4 Å². The second kappa shape index (κ2) is 7.38. The number of amides is 1. The van der Waals surface area contributed by atoms with Crippen molar-refractivity contribution < 1.29 is 4.79 Å². The van der Waals surface area contributed by atoms with E-state index in [9.17, 15) is 4.79 Å². The van der Waals surface area contributed by atoms with E-state index < -0.39 is 0 Å². The Labute approximate surface area is 151 Å². The lowest BCUT2D eigenvalue weighted by Gasteiger charge is -2.32. The van der Waals surface area contributed by atoms with Crippen LogP contribution in [0.5, 0.6) is 0 Å². The summed E-state index contributed by atoms with van der Waals surface area (Å²) in [5, 5.41) is 4.19. The van der Waals surface area contributed by atoms with Crippen LogP contribution in [0.1, 0.15) is 10.5 Å². The van der Waals surface area contributed by atoms with Gasteiger partial charge in [-0.2, -0.15) is 0 Å². The van der Waals surface area contributed by atoms with E-state index in [4.69, 9.17) is 23.2 Å². The maximum absolute atomic E-state index is 12.6. The number of nitrogens with zero attached hydrogens (tertiary/aromatic N) is 3. The predicted molar refractivity (Wildman–Crippen MR) is 97.4 cm³/mol. The molecule has 0 saturated carbocycles. The molecule has 1 saturated heterocycles. The van der Waals surface area contributed by atoms with E-state index in [0.29, 0.717) is 15.7 Å². The Morgan fingerprint density at radius 1 is 1.04 bits per heavy atom. The molecule has 1 aromatic carbocycles. The van der Waals surface area contributed by atoms with E-state index in [1.54, 1.807) is 24.4 Å². The van der Waals surface area contributed by atoms with E-state index in [2.05, 4.69) is 22.2 Å². The number of rotatable bonds is 3. The smallest absolute Gasteiger partial charge is 0.272 e. The minimum absolute atomic E-state index is 0.0408. The molecule has 1 N–H and O–H groups in total. The highest BCUT2D eigenvalue weighted by Gasteiger charge is 2.21. The van der Waals surface area contributed by atoms with Gasteiger partial charge in [-0.25, -0.2) is 0 Å². The lowest BCUT2D eigenvalue weighted by molar-refractivity contribution is 0.0658. The second-order valence-electron chi connectivity index (χ2n) is 5.78. The van der Waals surface area contributed by atoms with Crippen molar-refractivity contribution in [3.05, 3.63) is 52.3 Å². The monoisotopic (exact) mass is 364 g/mol. The normalized spacial score (nSPS) is 15.4. The maximum Gasteiger partial charge on any atom is 0.272 e. The van der Waals surface area contributed by atoms with Gasteiger partial charge in [-0.1, -0.05) is 23.2 Å². The zero-order chi connectivity index (χ0) is 17.1. The fourth-order valence-corrected chi connectivity index (χ4v) is 2.84. The van der Waals surface area contributed by atoms with E-state index in [1.807, 2.05) is 17.0 Å². The van der Waals surface area contributed by atoms with Gasteiger partial charge in [0, 0.05) is 43.8 Å². The number of pyridine rings is 1. The average Bonchev–Trinajstić information content (AvgIpc) is 2.58. The van der Waals surface area contributed by atoms with Gasteiger partial charge in [-0.3, -0.25) is 9.78 Å². The standard InChI is InChI=1S/C17H18Cl2N4O/c1-22-6-8-23(9-7-22)17(24)16-11-13(4-5-20-16)21-12-2-3-14(18)15(19)10-12/h2-5,10-11H,6-9H2,1H3,(H,20,21). The third-order valence-corrected chi connectivity index (χ3v) is 4.72. The van der Waals surface area contributed by atoms with Gasteiger partial charge in [0.25, 0.3) is 5.91 Å². The number of piperazine rings is 1. The van der Waals surface area contributed by atoms with Crippen LogP contribution in [0.2, 0.25) is 10.0 Å². The summed E-state index contributed by atoms with van der Waals surface area (Å²) in [6, 6.07) is 8.86. The first-order valence-corrected chi connectivity index (χ1v) is 8.44. The summed E-state index contributed by atoms with van der Waals surface area (Å²) in [5.74, 6) is -0.0408. The molecule has 1 aliphatic rings. The van der Waals surface area contributed by atoms with Gasteiger partial charge in [0.15, 0.2) is 0 Å². The minimum atomic E-state index is -0.0408. The number of carbonyl (C=O) groups excluding carboxylic acids is 1. The molecule has 1 aliphatic heterocycles. The number of hydrogen-bond donors (Lipinski definition) is 1. The molecule has 126 valence electrons. The summed E-state index contributed by atoms with van der Waals surface area (Å²) in [7, 11) is 2.06. The third kappa shape index (κ3) is 3.98. The summed E-state index contributed by atoms with van der Waals surface area (Å²) >= 11 is 11.9. The molecule has 2 heterocycles. The first-order chi connectivity index (χ1) is 11.5. The van der Waals surface area contributed by atoms with Crippen LogP contribution in [-0.2, 0) is 0 Å². The number of nitrogens with one attached hydrogen (secondary N) is 1. The van der Waals surface area contributed by atoms with Crippen LogP contribution in [0, 0.1) is 0 Å². The Balaban J connectivity index is 1.73. The average molecular weight is 365 g/mol. The minimum Gasteiger partial charge on any atom is -0.355 e. The first-order valence-electron chi connectivity index (χ1n) is 7.69. The quantitative estimate of drug-likeness (QED) is 0.904. The van der Waals surface area contributed by atoms with Crippen molar-refractivity contribution in [1.82, 2.24) is 14.8 Å². The summed E-state index contributed by atoms with van der Waals surface area (Å²) in [4.78, 5) is 20.8. The highest BCUT2D eigenvalue weighted by Crippen LogP contribution is 2.27. The van der Waals surface area contributed by atoms with E-state index in [1.165, 1.54) is 0 Å². The lowest BCUT2D eigenvalue weighted by atomic mass is 10.2. The fourth-order valence-electron chi connectivity index (χ4n) is 2.54. The molecule has 1 aromatic heterocycles. The van der Waals surface area contributed by atoms with Crippen molar-refractivity contribution in [3.8, 4) is 0 Å². The molecule has 1 fully saturated rings. The van der Waals surface area contributed by atoms with Crippen LogP contribution < -0.4 is 5.32 Å². The van der Waals surface area contributed by atoms with Crippen molar-refractivity contribution in [2.24, 2.45) is 0 Å². The number of hydrogen-bond acceptors (Lipinski definition) is 4. The van der Waals surface area contributed by atoms with Gasteiger partial charge in [-0.05, 0) is 37.4 Å². The number of anilines is 2. The predicted octanol–water partition coefficient (Wildman–Crippen LogP) is 3.52. The highest BCUT2D eigenvalue weighted by atomic mass is 35.5. The lowest BCUT2D eigenvalue weighted by Crippen LogP contribution is -2.47. The molecule has 0 radical (unpaired) electrons. The molecular weight excluding hydrogens is 347 g/mol. The summed E-state index contributed by atoms with van der Waals surface area (Å²) < 4.78 is 0. The van der Waals surface area contributed by atoms with Gasteiger partial charge in [0.1, 0.15) is 5.69 Å². The topological polar surface area (TPSA) is 48.5 Å². The van der Waals surface area contributed by atoms with Gasteiger partial charge in [-0.15, -0.1) is 0 Å². The van der Waals surface area contributed by atoms with Crippen molar-refractivity contribution in [3.63, 3.8) is 0 Å². The fraction of sp³-hybridized carbons (Fsp3) is 0.294. The Morgan fingerprint density at radius 2 is 1.75 bits per heavy atom. The molecule has 0 unspecified atom stereocenters. The van der Waals surface area contributed by atoms with Gasteiger partial charge in [0.2, 0.25) is 0 Å². The molecule has 0 atom stereocenters. The van der Waals surface area contributed by atoms with Crippen molar-refractivity contribution in [1.29, 1.82) is 0 Å². The van der Waals surface area contributed by atoms with Gasteiger partial charge >= 0.3 is 0 Å². The van der Waals surface area contributed by atoms with Crippen LogP contribution in [0.15, 0.2) is 36.5 Å². The van der Waals surface area contributed by atoms with E-state index in [0.717, 1.165) is 37.6 Å². The number of carbonyl (C=O) groups is 1. The molecule has 0 spiro atoms. The molecule has 24 heavy (non-hydrogen) atoms. The Morgan fingerprint density at radius 3 is 2.46 bits per heavy atom. The number of benzene rings is 1. The first kappa shape index (κ1) is 17.0. The van der Waals surface area contributed by atoms with Crippen LogP contribution in [0.3, 0.4) is 0 Å². The molecule has 0 aliphatic carbocycles. The number of likely N-dealkylation sites (N-methyl/N-ethyl adjacent to an activating group) is 1.